The minimum Gasteiger partial charge on any atom is -0.481 e. The van der Waals surface area contributed by atoms with Crippen LogP contribution in [0.5, 0.6) is 5.75 Å². The van der Waals surface area contributed by atoms with Crippen LogP contribution in [0.3, 0.4) is 0 Å². The zero-order chi connectivity index (χ0) is 25.3. The topological polar surface area (TPSA) is 87.6 Å². The maximum Gasteiger partial charge on any atom is 0.573 e. The van der Waals surface area contributed by atoms with E-state index in [4.69, 9.17) is 5.11 Å². The minimum atomic E-state index is -4.75. The Kier molecular flexibility index (Phi) is 6.55. The Morgan fingerprint density at radius 1 is 1.06 bits per heavy atom. The zero-order valence-electron chi connectivity index (χ0n) is 19.5. The van der Waals surface area contributed by atoms with Gasteiger partial charge in [0.15, 0.2) is 0 Å². The maximum absolute atomic E-state index is 12.5. The van der Waals surface area contributed by atoms with Crippen molar-refractivity contribution in [1.82, 2.24) is 9.97 Å². The summed E-state index contributed by atoms with van der Waals surface area (Å²) in [4.78, 5) is 23.2. The Morgan fingerprint density at radius 3 is 2.44 bits per heavy atom. The number of ether oxygens (including phenoxy) is 1. The van der Waals surface area contributed by atoms with Crippen molar-refractivity contribution in [2.24, 2.45) is 10.9 Å². The van der Waals surface area contributed by atoms with Gasteiger partial charge in [0.25, 0.3) is 0 Å². The summed E-state index contributed by atoms with van der Waals surface area (Å²) in [6, 6.07) is 12.5. The number of halogens is 3. The second-order valence-corrected chi connectivity index (χ2v) is 9.48. The highest BCUT2D eigenvalue weighted by atomic mass is 19.4. The van der Waals surface area contributed by atoms with Gasteiger partial charge >= 0.3 is 12.3 Å². The van der Waals surface area contributed by atoms with Crippen LogP contribution in [0.2, 0.25) is 0 Å². The quantitative estimate of drug-likeness (QED) is 0.391. The molecule has 0 atom stereocenters. The van der Waals surface area contributed by atoms with Gasteiger partial charge in [-0.15, -0.1) is 13.2 Å². The molecule has 1 aliphatic carbocycles. The van der Waals surface area contributed by atoms with Crippen molar-refractivity contribution < 1.29 is 27.8 Å². The van der Waals surface area contributed by atoms with Gasteiger partial charge in [-0.05, 0) is 73.6 Å². The molecule has 2 aromatic carbocycles. The number of benzene rings is 2. The number of carbonyl (C=O) groups is 1. The predicted molar refractivity (Wildman–Crippen MR) is 130 cm³/mol. The highest BCUT2D eigenvalue weighted by molar-refractivity contribution is 6.03. The molecule has 1 fully saturated rings. The molecule has 9 heteroatoms. The molecule has 6 nitrogen and oxygen atoms in total. The summed E-state index contributed by atoms with van der Waals surface area (Å²) < 4.78 is 41.5. The summed E-state index contributed by atoms with van der Waals surface area (Å²) in [5.41, 5.74) is 5.25. The molecular weight excluding hydrogens is 471 g/mol. The molecule has 2 heterocycles. The van der Waals surface area contributed by atoms with Gasteiger partial charge in [-0.3, -0.25) is 9.79 Å². The molecule has 2 aliphatic rings. The van der Waals surface area contributed by atoms with E-state index in [0.717, 1.165) is 49.0 Å². The standard InChI is InChI=1S/C27H26F3N3O3/c28-27(29,30)36-21-10-12-23-24(14-21)33-26(32-23)20-9-11-22(31-15-20)19-7-5-18(6-8-19)17-3-1-16(2-4-17)13-25(34)35/h5-8,10,12,14-17H,1-4,9,11,13H2,(H,32,33)(H,34,35). The van der Waals surface area contributed by atoms with Crippen LogP contribution in [-0.2, 0) is 4.79 Å². The fourth-order valence-corrected chi connectivity index (χ4v) is 5.17. The molecule has 5 rings (SSSR count). The lowest BCUT2D eigenvalue weighted by molar-refractivity contribution is -0.274. The van der Waals surface area contributed by atoms with Crippen LogP contribution in [0, 0.1) is 5.92 Å². The largest absolute Gasteiger partial charge is 0.573 e. The first-order valence-corrected chi connectivity index (χ1v) is 12.1. The molecule has 1 saturated carbocycles. The number of alkyl halides is 3. The lowest BCUT2D eigenvalue weighted by Gasteiger charge is -2.28. The fraction of sp³-hybridized carbons (Fsp3) is 0.370. The highest BCUT2D eigenvalue weighted by Crippen LogP contribution is 2.37. The average molecular weight is 498 g/mol. The van der Waals surface area contributed by atoms with Gasteiger partial charge in [0.2, 0.25) is 0 Å². The van der Waals surface area contributed by atoms with Gasteiger partial charge in [0, 0.05) is 30.0 Å². The predicted octanol–water partition coefficient (Wildman–Crippen LogP) is 6.83. The van der Waals surface area contributed by atoms with Crippen LogP contribution in [0.4, 0.5) is 13.2 Å². The van der Waals surface area contributed by atoms with E-state index in [0.29, 0.717) is 29.2 Å². The third kappa shape index (κ3) is 5.61. The summed E-state index contributed by atoms with van der Waals surface area (Å²) >= 11 is 0. The first-order chi connectivity index (χ1) is 17.2. The van der Waals surface area contributed by atoms with Crippen molar-refractivity contribution in [3.05, 3.63) is 65.6 Å². The third-order valence-electron chi connectivity index (χ3n) is 7.02. The number of nitrogens with zero attached hydrogens (tertiary/aromatic N) is 2. The van der Waals surface area contributed by atoms with Gasteiger partial charge < -0.3 is 14.8 Å². The second-order valence-electron chi connectivity index (χ2n) is 9.48. The Morgan fingerprint density at radius 2 is 1.81 bits per heavy atom. The van der Waals surface area contributed by atoms with Crippen molar-refractivity contribution in [3.63, 3.8) is 0 Å². The Labute approximate surface area is 205 Å². The van der Waals surface area contributed by atoms with Crippen LogP contribution in [-0.4, -0.2) is 33.1 Å². The minimum absolute atomic E-state index is 0.266. The van der Waals surface area contributed by atoms with Gasteiger partial charge in [0.1, 0.15) is 11.6 Å². The van der Waals surface area contributed by atoms with E-state index < -0.39 is 12.3 Å². The van der Waals surface area contributed by atoms with Crippen molar-refractivity contribution in [2.45, 2.75) is 57.2 Å². The normalized spacial score (nSPS) is 20.6. The second kappa shape index (κ2) is 9.79. The Bertz CT molecular complexity index is 1320. The number of H-pyrrole nitrogens is 1. The van der Waals surface area contributed by atoms with Gasteiger partial charge in [-0.25, -0.2) is 4.98 Å². The Hall–Kier alpha value is -3.62. The summed E-state index contributed by atoms with van der Waals surface area (Å²) in [6.45, 7) is 0. The molecular formula is C27H26F3N3O3. The third-order valence-corrected chi connectivity index (χ3v) is 7.02. The number of hydrogen-bond donors (Lipinski definition) is 2. The van der Waals surface area contributed by atoms with Gasteiger partial charge in [-0.2, -0.15) is 0 Å². The fourth-order valence-electron chi connectivity index (χ4n) is 5.17. The van der Waals surface area contributed by atoms with E-state index >= 15 is 0 Å². The first kappa shape index (κ1) is 24.1. The molecule has 2 N–H and O–H groups in total. The molecule has 0 amide bonds. The number of aromatic amines is 1. The number of rotatable bonds is 6. The zero-order valence-corrected chi connectivity index (χ0v) is 19.5. The van der Waals surface area contributed by atoms with Crippen LogP contribution in [0.15, 0.2) is 53.7 Å². The number of fused-ring (bicyclic) bond motifs is 1. The van der Waals surface area contributed by atoms with E-state index in [1.54, 1.807) is 6.20 Å². The summed E-state index contributed by atoms with van der Waals surface area (Å²) in [6.07, 6.45) is 2.67. The summed E-state index contributed by atoms with van der Waals surface area (Å²) in [5.74, 6) is 0.337. The van der Waals surface area contributed by atoms with Crippen LogP contribution in [0.25, 0.3) is 16.6 Å². The average Bonchev–Trinajstić information content (AvgIpc) is 3.27. The van der Waals surface area contributed by atoms with Gasteiger partial charge in [-0.1, -0.05) is 24.3 Å². The van der Waals surface area contributed by atoms with Crippen molar-refractivity contribution in [2.75, 3.05) is 0 Å². The lowest BCUT2D eigenvalue weighted by atomic mass is 9.77. The van der Waals surface area contributed by atoms with E-state index in [1.807, 2.05) is 0 Å². The molecule has 0 bridgehead atoms. The van der Waals surface area contributed by atoms with Crippen molar-refractivity contribution in [3.8, 4) is 5.75 Å². The number of imidazole rings is 1. The molecule has 0 spiro atoms. The van der Waals surface area contributed by atoms with Crippen LogP contribution < -0.4 is 4.74 Å². The van der Waals surface area contributed by atoms with E-state index in [2.05, 4.69) is 44.0 Å². The number of hydrogen-bond acceptors (Lipinski definition) is 4. The number of carboxylic acid groups (broad SMARTS) is 1. The molecule has 0 unspecified atom stereocenters. The summed E-state index contributed by atoms with van der Waals surface area (Å²) in [7, 11) is 0. The van der Waals surface area contributed by atoms with Crippen molar-refractivity contribution >= 4 is 28.3 Å². The van der Waals surface area contributed by atoms with Crippen LogP contribution in [0.1, 0.15) is 67.8 Å². The molecule has 36 heavy (non-hydrogen) atoms. The molecule has 0 radical (unpaired) electrons. The van der Waals surface area contributed by atoms with Crippen LogP contribution >= 0.6 is 0 Å². The maximum atomic E-state index is 12.5. The molecule has 188 valence electrons. The SMILES string of the molecule is O=C(O)CC1CCC(c2ccc(C3=NC=C(c4nc5cc(OC(F)(F)F)ccc5[nH]4)CC3)cc2)CC1. The number of aromatic nitrogens is 2. The van der Waals surface area contributed by atoms with Gasteiger partial charge in [0.05, 0.1) is 11.0 Å². The van der Waals surface area contributed by atoms with E-state index in [9.17, 15) is 18.0 Å². The highest BCUT2D eigenvalue weighted by Gasteiger charge is 2.31. The number of allylic oxidation sites excluding steroid dienone is 1. The number of aliphatic imine (C=N–C) groups is 1. The first-order valence-electron chi connectivity index (χ1n) is 12.1. The lowest BCUT2D eigenvalue weighted by Crippen LogP contribution is -2.16. The number of nitrogens with one attached hydrogen (secondary N) is 1. The smallest absolute Gasteiger partial charge is 0.481 e. The number of aliphatic carboxylic acids is 1. The molecule has 0 saturated heterocycles. The van der Waals surface area contributed by atoms with E-state index in [1.165, 1.54) is 23.8 Å². The summed E-state index contributed by atoms with van der Waals surface area (Å²) in [5, 5.41) is 9.00. The molecule has 1 aromatic heterocycles. The monoisotopic (exact) mass is 497 g/mol. The molecule has 1 aliphatic heterocycles. The molecule has 3 aromatic rings. The van der Waals surface area contributed by atoms with Crippen molar-refractivity contribution in [1.29, 1.82) is 0 Å². The van der Waals surface area contributed by atoms with E-state index in [-0.39, 0.29) is 18.1 Å². The number of carboxylic acids is 1. The Balaban J connectivity index is 1.25.